The predicted octanol–water partition coefficient (Wildman–Crippen LogP) is 3.55. The third kappa shape index (κ3) is 6.07. The number of nitrogens with two attached hydrogens (primary N) is 1. The van der Waals surface area contributed by atoms with Crippen molar-refractivity contribution in [1.29, 1.82) is 0 Å². The van der Waals surface area contributed by atoms with Crippen molar-refractivity contribution in [1.82, 2.24) is 0 Å². The Labute approximate surface area is 180 Å². The molecule has 3 rings (SSSR count). The van der Waals surface area contributed by atoms with Gasteiger partial charge >= 0.3 is 0 Å². The van der Waals surface area contributed by atoms with E-state index in [1.165, 1.54) is 16.8 Å². The molecule has 1 aliphatic heterocycles. The van der Waals surface area contributed by atoms with Gasteiger partial charge in [-0.1, -0.05) is 52.0 Å². The molecule has 1 heterocycles. The van der Waals surface area contributed by atoms with Crippen LogP contribution in [0.1, 0.15) is 50.8 Å². The monoisotopic (exact) mass is 410 g/mol. The van der Waals surface area contributed by atoms with Gasteiger partial charge in [-0.25, -0.2) is 0 Å². The summed E-state index contributed by atoms with van der Waals surface area (Å²) in [5, 5.41) is 5.17. The van der Waals surface area contributed by atoms with Gasteiger partial charge in [0.15, 0.2) is 6.54 Å². The van der Waals surface area contributed by atoms with E-state index < -0.39 is 0 Å². The molecular formula is C25H36N3O2+. The van der Waals surface area contributed by atoms with Gasteiger partial charge in [-0.15, -0.1) is 0 Å². The van der Waals surface area contributed by atoms with Crippen molar-refractivity contribution >= 4 is 17.3 Å². The maximum Gasteiger partial charge on any atom is 0.279 e. The Balaban J connectivity index is 1.54. The van der Waals surface area contributed by atoms with Crippen molar-refractivity contribution in [2.75, 3.05) is 43.1 Å². The molecule has 30 heavy (non-hydrogen) atoms. The van der Waals surface area contributed by atoms with Crippen molar-refractivity contribution in [3.05, 3.63) is 59.7 Å². The number of morpholine rings is 1. The normalized spacial score (nSPS) is 15.5. The maximum absolute atomic E-state index is 12.5. The summed E-state index contributed by atoms with van der Waals surface area (Å²) in [6.45, 7) is 12.6. The van der Waals surface area contributed by atoms with Crippen LogP contribution >= 0.6 is 0 Å². The number of amides is 1. The van der Waals surface area contributed by atoms with Gasteiger partial charge in [0.25, 0.3) is 5.91 Å². The molecule has 1 aliphatic rings. The largest absolute Gasteiger partial charge is 0.378 e. The Hall–Kier alpha value is -2.37. The summed E-state index contributed by atoms with van der Waals surface area (Å²) >= 11 is 0. The van der Waals surface area contributed by atoms with Crippen LogP contribution in [0.15, 0.2) is 48.5 Å². The fourth-order valence-corrected chi connectivity index (χ4v) is 3.92. The molecule has 0 bridgehead atoms. The molecule has 0 saturated carbocycles. The first-order valence-corrected chi connectivity index (χ1v) is 11.1. The Morgan fingerprint density at radius 2 is 1.57 bits per heavy atom. The fraction of sp³-hybridized carbons (Fsp3) is 0.480. The summed E-state index contributed by atoms with van der Waals surface area (Å²) in [7, 11) is 0. The molecule has 3 N–H and O–H groups in total. The van der Waals surface area contributed by atoms with Crippen LogP contribution < -0.4 is 15.5 Å². The zero-order valence-corrected chi connectivity index (χ0v) is 18.7. The van der Waals surface area contributed by atoms with Gasteiger partial charge in [-0.3, -0.25) is 4.79 Å². The minimum atomic E-state index is 0.0265. The van der Waals surface area contributed by atoms with E-state index in [2.05, 4.69) is 79.6 Å². The van der Waals surface area contributed by atoms with E-state index in [1.54, 1.807) is 0 Å². The standard InChI is InChI=1S/C25H35N3O2/c1-18(2)20-5-7-21(8-6-20)25(19(3)4)26-17-24(29)27-22-9-11-23(12-10-22)28-13-15-30-16-14-28/h5-12,18-19,25-26H,13-17H2,1-4H3,(H,27,29)/p+1/t25-/m1/s1. The lowest BCUT2D eigenvalue weighted by Crippen LogP contribution is -2.88. The lowest BCUT2D eigenvalue weighted by molar-refractivity contribution is -0.692. The number of benzene rings is 2. The highest BCUT2D eigenvalue weighted by atomic mass is 16.5. The number of nitrogens with one attached hydrogen (secondary N) is 1. The molecule has 2 aromatic carbocycles. The van der Waals surface area contributed by atoms with Crippen LogP contribution in [0.2, 0.25) is 0 Å². The number of nitrogens with zero attached hydrogens (tertiary/aromatic N) is 1. The summed E-state index contributed by atoms with van der Waals surface area (Å²) < 4.78 is 5.41. The highest BCUT2D eigenvalue weighted by Gasteiger charge is 2.21. The van der Waals surface area contributed by atoms with E-state index in [9.17, 15) is 4.79 Å². The first-order valence-electron chi connectivity index (χ1n) is 11.1. The van der Waals surface area contributed by atoms with Crippen LogP contribution in [0.4, 0.5) is 11.4 Å². The summed E-state index contributed by atoms with van der Waals surface area (Å²) in [6.07, 6.45) is 0. The van der Waals surface area contributed by atoms with Crippen LogP contribution in [0, 0.1) is 5.92 Å². The molecule has 0 spiro atoms. The average Bonchev–Trinajstić information content (AvgIpc) is 2.75. The molecule has 0 aliphatic carbocycles. The number of rotatable bonds is 8. The molecule has 1 amide bonds. The van der Waals surface area contributed by atoms with Crippen molar-refractivity contribution in [2.45, 2.75) is 39.7 Å². The van der Waals surface area contributed by atoms with E-state index in [1.807, 2.05) is 12.1 Å². The van der Waals surface area contributed by atoms with Crippen LogP contribution in [0.25, 0.3) is 0 Å². The number of quaternary nitrogens is 1. The predicted molar refractivity (Wildman–Crippen MR) is 123 cm³/mol. The number of hydrogen-bond donors (Lipinski definition) is 2. The maximum atomic E-state index is 12.5. The first-order chi connectivity index (χ1) is 14.4. The molecule has 5 nitrogen and oxygen atoms in total. The van der Waals surface area contributed by atoms with Crippen LogP contribution in [0.3, 0.4) is 0 Å². The molecule has 2 aromatic rings. The lowest BCUT2D eigenvalue weighted by Gasteiger charge is -2.28. The van der Waals surface area contributed by atoms with E-state index >= 15 is 0 Å². The minimum absolute atomic E-state index is 0.0265. The molecule has 0 aromatic heterocycles. The SMILES string of the molecule is CC(C)c1ccc([C@H]([NH2+]CC(=O)Nc2ccc(N3CCOCC3)cc2)C(C)C)cc1. The Morgan fingerprint density at radius 1 is 0.967 bits per heavy atom. The van der Waals surface area contributed by atoms with Gasteiger partial charge in [0.2, 0.25) is 0 Å². The van der Waals surface area contributed by atoms with Gasteiger partial charge in [-0.05, 0) is 35.7 Å². The highest BCUT2D eigenvalue weighted by Crippen LogP contribution is 2.21. The Morgan fingerprint density at radius 3 is 2.13 bits per heavy atom. The van der Waals surface area contributed by atoms with Crippen molar-refractivity contribution < 1.29 is 14.8 Å². The summed E-state index contributed by atoms with van der Waals surface area (Å²) in [6, 6.07) is 17.2. The van der Waals surface area contributed by atoms with E-state index in [-0.39, 0.29) is 11.9 Å². The molecule has 1 atom stereocenters. The second-order valence-corrected chi connectivity index (χ2v) is 8.73. The van der Waals surface area contributed by atoms with Gasteiger partial charge in [0.05, 0.1) is 13.2 Å². The summed E-state index contributed by atoms with van der Waals surface area (Å²) in [4.78, 5) is 14.8. The van der Waals surface area contributed by atoms with Gasteiger partial charge in [0, 0.05) is 35.9 Å². The zero-order valence-electron chi connectivity index (χ0n) is 18.7. The highest BCUT2D eigenvalue weighted by molar-refractivity contribution is 5.91. The second kappa shape index (κ2) is 10.6. The van der Waals surface area contributed by atoms with Crippen molar-refractivity contribution in [3.63, 3.8) is 0 Å². The molecule has 5 heteroatoms. The third-order valence-corrected chi connectivity index (χ3v) is 5.79. The van der Waals surface area contributed by atoms with E-state index in [0.29, 0.717) is 18.4 Å². The molecule has 0 radical (unpaired) electrons. The molecule has 1 saturated heterocycles. The number of ether oxygens (including phenoxy) is 1. The fourth-order valence-electron chi connectivity index (χ4n) is 3.92. The smallest absolute Gasteiger partial charge is 0.279 e. The van der Waals surface area contributed by atoms with Crippen LogP contribution in [0.5, 0.6) is 0 Å². The van der Waals surface area contributed by atoms with Crippen molar-refractivity contribution in [2.24, 2.45) is 5.92 Å². The van der Waals surface area contributed by atoms with Crippen LogP contribution in [-0.2, 0) is 9.53 Å². The summed E-state index contributed by atoms with van der Waals surface area (Å²) in [5.74, 6) is 0.995. The molecule has 162 valence electrons. The average molecular weight is 411 g/mol. The van der Waals surface area contributed by atoms with E-state index in [0.717, 1.165) is 32.0 Å². The molecule has 0 unspecified atom stereocenters. The second-order valence-electron chi connectivity index (χ2n) is 8.73. The molecule has 1 fully saturated rings. The zero-order chi connectivity index (χ0) is 21.5. The Bertz CT molecular complexity index is 794. The third-order valence-electron chi connectivity index (χ3n) is 5.79. The summed E-state index contributed by atoms with van der Waals surface area (Å²) in [5.41, 5.74) is 4.64. The van der Waals surface area contributed by atoms with Crippen molar-refractivity contribution in [3.8, 4) is 0 Å². The lowest BCUT2D eigenvalue weighted by atomic mass is 9.93. The topological polar surface area (TPSA) is 58.2 Å². The van der Waals surface area contributed by atoms with E-state index in [4.69, 9.17) is 4.74 Å². The Kier molecular flexibility index (Phi) is 7.88. The number of hydrogen-bond acceptors (Lipinski definition) is 3. The van der Waals surface area contributed by atoms with Gasteiger partial charge < -0.3 is 20.3 Å². The minimum Gasteiger partial charge on any atom is -0.378 e. The van der Waals surface area contributed by atoms with Gasteiger partial charge in [-0.2, -0.15) is 0 Å². The first kappa shape index (κ1) is 22.3. The quantitative estimate of drug-likeness (QED) is 0.700. The number of anilines is 2. The number of carbonyl (C=O) groups is 1. The van der Waals surface area contributed by atoms with Crippen LogP contribution in [-0.4, -0.2) is 38.8 Å². The number of carbonyl (C=O) groups excluding carboxylic acids is 1. The molecular weight excluding hydrogens is 374 g/mol. The van der Waals surface area contributed by atoms with Gasteiger partial charge in [0.1, 0.15) is 6.04 Å².